The van der Waals surface area contributed by atoms with Gasteiger partial charge in [0.2, 0.25) is 5.88 Å². The Hall–Kier alpha value is -3.09. The molecule has 0 radical (unpaired) electrons. The van der Waals surface area contributed by atoms with E-state index >= 15 is 0 Å². The third kappa shape index (κ3) is 5.04. The lowest BCUT2D eigenvalue weighted by atomic mass is 10.0. The molecule has 1 atom stereocenters. The second-order valence-corrected chi connectivity index (χ2v) is 7.03. The van der Waals surface area contributed by atoms with Gasteiger partial charge in [0.15, 0.2) is 0 Å². The maximum atomic E-state index is 12.9. The van der Waals surface area contributed by atoms with Gasteiger partial charge in [-0.25, -0.2) is 9.78 Å². The van der Waals surface area contributed by atoms with Crippen LogP contribution in [0.3, 0.4) is 0 Å². The Kier molecular flexibility index (Phi) is 6.36. The van der Waals surface area contributed by atoms with E-state index in [1.165, 1.54) is 18.3 Å². The highest BCUT2D eigenvalue weighted by molar-refractivity contribution is 6.31. The zero-order valence-electron chi connectivity index (χ0n) is 15.2. The molecular weight excluding hydrogens is 415 g/mol. The van der Waals surface area contributed by atoms with E-state index in [1.807, 2.05) is 0 Å². The summed E-state index contributed by atoms with van der Waals surface area (Å²) in [6, 6.07) is 14.0. The van der Waals surface area contributed by atoms with Crippen LogP contribution in [0.5, 0.6) is 11.6 Å². The molecule has 1 amide bonds. The fourth-order valence-corrected chi connectivity index (χ4v) is 3.07. The van der Waals surface area contributed by atoms with E-state index in [0.717, 1.165) is 0 Å². The van der Waals surface area contributed by atoms with Crippen molar-refractivity contribution in [2.45, 2.75) is 13.0 Å². The lowest BCUT2D eigenvalue weighted by Gasteiger charge is -2.17. The average Bonchev–Trinajstić information content (AvgIpc) is 2.69. The predicted octanol–water partition coefficient (Wildman–Crippen LogP) is 5.37. The summed E-state index contributed by atoms with van der Waals surface area (Å²) >= 11 is 12.0. The molecule has 2 aromatic carbocycles. The molecule has 2 N–H and O–H groups in total. The number of amides is 1. The molecule has 0 saturated carbocycles. The first-order chi connectivity index (χ1) is 13.8. The molecular formula is C21H16Cl2N2O4. The number of hydrogen-bond donors (Lipinski definition) is 2. The molecule has 3 aromatic rings. The van der Waals surface area contributed by atoms with Crippen molar-refractivity contribution in [2.75, 3.05) is 0 Å². The summed E-state index contributed by atoms with van der Waals surface area (Å²) in [5.74, 6) is -1.13. The van der Waals surface area contributed by atoms with Crippen LogP contribution in [0.1, 0.15) is 39.2 Å². The number of carbonyl (C=O) groups is 2. The summed E-state index contributed by atoms with van der Waals surface area (Å²) in [6.45, 7) is 1.69. The standard InChI is InChI=1S/C21H16Cl2N2O4/c1-12(16-7-2-3-8-17(16)21(27)28)25-19(26)18-10-14(23)11-24-20(18)29-15-6-4-5-13(22)9-15/h2-12H,1H3,(H,25,26)(H,27,28)/t12-/m0/s1. The molecule has 3 rings (SSSR count). The van der Waals surface area contributed by atoms with Crippen LogP contribution in [0.2, 0.25) is 10.0 Å². The minimum atomic E-state index is -1.07. The van der Waals surface area contributed by atoms with E-state index in [-0.39, 0.29) is 22.0 Å². The van der Waals surface area contributed by atoms with Gasteiger partial charge in [-0.1, -0.05) is 47.5 Å². The van der Waals surface area contributed by atoms with Crippen molar-refractivity contribution < 1.29 is 19.4 Å². The van der Waals surface area contributed by atoms with Crippen LogP contribution in [0.4, 0.5) is 0 Å². The zero-order chi connectivity index (χ0) is 21.0. The van der Waals surface area contributed by atoms with Crippen molar-refractivity contribution in [3.8, 4) is 11.6 Å². The number of aromatic nitrogens is 1. The summed E-state index contributed by atoms with van der Waals surface area (Å²) < 4.78 is 5.71. The SMILES string of the molecule is C[C@H](NC(=O)c1cc(Cl)cnc1Oc1cccc(Cl)c1)c1ccccc1C(=O)O. The highest BCUT2D eigenvalue weighted by atomic mass is 35.5. The second-order valence-electron chi connectivity index (χ2n) is 6.15. The van der Waals surface area contributed by atoms with Gasteiger partial charge >= 0.3 is 5.97 Å². The third-order valence-corrected chi connectivity index (χ3v) is 4.52. The van der Waals surface area contributed by atoms with Crippen LogP contribution in [-0.2, 0) is 0 Å². The number of pyridine rings is 1. The number of ether oxygens (including phenoxy) is 1. The minimum absolute atomic E-state index is 0.0490. The third-order valence-electron chi connectivity index (χ3n) is 4.08. The largest absolute Gasteiger partial charge is 0.478 e. The quantitative estimate of drug-likeness (QED) is 0.548. The molecule has 0 spiro atoms. The summed E-state index contributed by atoms with van der Waals surface area (Å²) in [4.78, 5) is 28.4. The number of carbonyl (C=O) groups excluding carboxylic acids is 1. The fraction of sp³-hybridized carbons (Fsp3) is 0.0952. The molecule has 1 heterocycles. The predicted molar refractivity (Wildman–Crippen MR) is 110 cm³/mol. The van der Waals surface area contributed by atoms with E-state index < -0.39 is 17.9 Å². The Morgan fingerprint density at radius 3 is 2.52 bits per heavy atom. The summed E-state index contributed by atoms with van der Waals surface area (Å²) in [6.07, 6.45) is 1.36. The van der Waals surface area contributed by atoms with E-state index in [2.05, 4.69) is 10.3 Å². The molecule has 0 aliphatic carbocycles. The fourth-order valence-electron chi connectivity index (χ4n) is 2.73. The number of carboxylic acids is 1. The van der Waals surface area contributed by atoms with Gasteiger partial charge in [0.1, 0.15) is 11.3 Å². The maximum absolute atomic E-state index is 12.9. The van der Waals surface area contributed by atoms with E-state index in [1.54, 1.807) is 49.4 Å². The van der Waals surface area contributed by atoms with Crippen molar-refractivity contribution in [3.63, 3.8) is 0 Å². The molecule has 0 aliphatic heterocycles. The second kappa shape index (κ2) is 8.94. The minimum Gasteiger partial charge on any atom is -0.478 e. The van der Waals surface area contributed by atoms with Gasteiger partial charge in [0, 0.05) is 11.2 Å². The van der Waals surface area contributed by atoms with Gasteiger partial charge in [0.05, 0.1) is 16.6 Å². The Morgan fingerprint density at radius 2 is 1.79 bits per heavy atom. The number of rotatable bonds is 6. The number of benzene rings is 2. The van der Waals surface area contributed by atoms with Gasteiger partial charge in [-0.3, -0.25) is 4.79 Å². The van der Waals surface area contributed by atoms with Crippen molar-refractivity contribution >= 4 is 35.1 Å². The molecule has 6 nitrogen and oxygen atoms in total. The van der Waals surface area contributed by atoms with Crippen LogP contribution >= 0.6 is 23.2 Å². The molecule has 0 unspecified atom stereocenters. The molecule has 0 bridgehead atoms. The van der Waals surface area contributed by atoms with Gasteiger partial charge in [0.25, 0.3) is 5.91 Å². The van der Waals surface area contributed by atoms with Crippen molar-refractivity contribution in [2.24, 2.45) is 0 Å². The van der Waals surface area contributed by atoms with E-state index in [4.69, 9.17) is 27.9 Å². The van der Waals surface area contributed by atoms with Gasteiger partial charge < -0.3 is 15.2 Å². The summed E-state index contributed by atoms with van der Waals surface area (Å²) in [5.41, 5.74) is 0.692. The molecule has 0 saturated heterocycles. The monoisotopic (exact) mass is 430 g/mol. The smallest absolute Gasteiger partial charge is 0.336 e. The molecule has 148 valence electrons. The van der Waals surface area contributed by atoms with Crippen LogP contribution < -0.4 is 10.1 Å². The Bertz CT molecular complexity index is 1070. The molecule has 1 aromatic heterocycles. The molecule has 8 heteroatoms. The highest BCUT2D eigenvalue weighted by Crippen LogP contribution is 2.28. The number of carboxylic acid groups (broad SMARTS) is 1. The number of halogens is 2. The van der Waals surface area contributed by atoms with E-state index in [0.29, 0.717) is 16.3 Å². The number of nitrogens with zero attached hydrogens (tertiary/aromatic N) is 1. The Labute approximate surface area is 177 Å². The van der Waals surface area contributed by atoms with Crippen molar-refractivity contribution in [1.29, 1.82) is 0 Å². The average molecular weight is 431 g/mol. The van der Waals surface area contributed by atoms with Gasteiger partial charge in [-0.2, -0.15) is 0 Å². The summed E-state index contributed by atoms with van der Waals surface area (Å²) in [5, 5.41) is 12.9. The first-order valence-electron chi connectivity index (χ1n) is 8.57. The molecule has 29 heavy (non-hydrogen) atoms. The first kappa shape index (κ1) is 20.6. The van der Waals surface area contributed by atoms with Crippen molar-refractivity contribution in [1.82, 2.24) is 10.3 Å². The maximum Gasteiger partial charge on any atom is 0.336 e. The Morgan fingerprint density at radius 1 is 1.03 bits per heavy atom. The van der Waals surface area contributed by atoms with Crippen molar-refractivity contribution in [3.05, 3.63) is 87.5 Å². The lowest BCUT2D eigenvalue weighted by molar-refractivity contribution is 0.0693. The van der Waals surface area contributed by atoms with Gasteiger partial charge in [-0.15, -0.1) is 0 Å². The zero-order valence-corrected chi connectivity index (χ0v) is 16.7. The lowest BCUT2D eigenvalue weighted by Crippen LogP contribution is -2.28. The number of hydrogen-bond acceptors (Lipinski definition) is 4. The van der Waals surface area contributed by atoms with Crippen LogP contribution in [0.25, 0.3) is 0 Å². The van der Waals surface area contributed by atoms with Crippen LogP contribution in [0.15, 0.2) is 60.8 Å². The summed E-state index contributed by atoms with van der Waals surface area (Å²) in [7, 11) is 0. The van der Waals surface area contributed by atoms with Crippen LogP contribution in [-0.4, -0.2) is 22.0 Å². The number of aromatic carboxylic acids is 1. The highest BCUT2D eigenvalue weighted by Gasteiger charge is 2.21. The Balaban J connectivity index is 1.87. The van der Waals surface area contributed by atoms with E-state index in [9.17, 15) is 14.7 Å². The normalized spacial score (nSPS) is 11.6. The first-order valence-corrected chi connectivity index (χ1v) is 9.33. The van der Waals surface area contributed by atoms with Gasteiger partial charge in [-0.05, 0) is 42.8 Å². The molecule has 0 aliphatic rings. The van der Waals surface area contributed by atoms with Crippen LogP contribution in [0, 0.1) is 0 Å². The topological polar surface area (TPSA) is 88.5 Å². The number of nitrogens with one attached hydrogen (secondary N) is 1. The molecule has 0 fully saturated rings.